The summed E-state index contributed by atoms with van der Waals surface area (Å²) in [6.07, 6.45) is 1.26. The minimum Gasteiger partial charge on any atom is -0.492 e. The second-order valence-electron chi connectivity index (χ2n) is 4.99. The first-order valence-electron chi connectivity index (χ1n) is 7.11. The van der Waals surface area contributed by atoms with Crippen molar-refractivity contribution < 1.29 is 4.74 Å². The van der Waals surface area contributed by atoms with Crippen LogP contribution in [0.5, 0.6) is 5.75 Å². The molecule has 0 aromatic heterocycles. The molecule has 1 aliphatic heterocycles. The zero-order chi connectivity index (χ0) is 13.5. The number of benzene rings is 1. The van der Waals surface area contributed by atoms with Crippen LogP contribution in [0.25, 0.3) is 0 Å². The molecular weight excluding hydrogens is 304 g/mol. The molecule has 1 aliphatic rings. The molecule has 1 aromatic rings. The molecule has 1 fully saturated rings. The van der Waals surface area contributed by atoms with Crippen molar-refractivity contribution in [2.24, 2.45) is 0 Å². The Morgan fingerprint density at radius 2 is 1.58 bits per heavy atom. The monoisotopic (exact) mass is 326 g/mol. The van der Waals surface area contributed by atoms with E-state index in [2.05, 4.69) is 32.7 Å². The van der Waals surface area contributed by atoms with Gasteiger partial charge in [0.25, 0.3) is 0 Å². The molecule has 4 heteroatoms. The molecule has 0 atom stereocenters. The lowest BCUT2D eigenvalue weighted by molar-refractivity contribution is 0.117. The van der Waals surface area contributed by atoms with Gasteiger partial charge in [-0.3, -0.25) is 4.90 Å². The van der Waals surface area contributed by atoms with Crippen LogP contribution >= 0.6 is 15.9 Å². The van der Waals surface area contributed by atoms with E-state index in [1.54, 1.807) is 0 Å². The summed E-state index contributed by atoms with van der Waals surface area (Å²) in [5, 5.41) is 0. The summed E-state index contributed by atoms with van der Waals surface area (Å²) in [5.74, 6) is 0.952. The summed E-state index contributed by atoms with van der Waals surface area (Å²) >= 11 is 3.43. The summed E-state index contributed by atoms with van der Waals surface area (Å²) in [7, 11) is 0. The molecule has 0 amide bonds. The van der Waals surface area contributed by atoms with E-state index in [1.165, 1.54) is 39.1 Å². The molecule has 2 rings (SSSR count). The van der Waals surface area contributed by atoms with Crippen LogP contribution in [-0.4, -0.2) is 55.7 Å². The molecule has 1 heterocycles. The van der Waals surface area contributed by atoms with Crippen LogP contribution in [0.4, 0.5) is 0 Å². The summed E-state index contributed by atoms with van der Waals surface area (Å²) in [6.45, 7) is 10.0. The Bertz CT molecular complexity index is 361. The molecule has 0 bridgehead atoms. The van der Waals surface area contributed by atoms with Gasteiger partial charge in [-0.2, -0.15) is 0 Å². The maximum absolute atomic E-state index is 5.76. The number of ether oxygens (including phenoxy) is 1. The third kappa shape index (κ3) is 5.13. The fourth-order valence-electron chi connectivity index (χ4n) is 2.38. The molecule has 0 radical (unpaired) electrons. The lowest BCUT2D eigenvalue weighted by Crippen LogP contribution is -2.47. The predicted octanol–water partition coefficient (Wildman–Crippen LogP) is 2.86. The van der Waals surface area contributed by atoms with Crippen molar-refractivity contribution in [3.05, 3.63) is 28.7 Å². The molecule has 19 heavy (non-hydrogen) atoms. The smallest absolute Gasteiger partial charge is 0.119 e. The van der Waals surface area contributed by atoms with E-state index in [0.29, 0.717) is 0 Å². The highest BCUT2D eigenvalue weighted by molar-refractivity contribution is 9.10. The normalized spacial score (nSPS) is 17.6. The molecular formula is C15H23BrN2O. The minimum absolute atomic E-state index is 0.773. The van der Waals surface area contributed by atoms with Crippen LogP contribution < -0.4 is 4.74 Å². The van der Waals surface area contributed by atoms with Crippen molar-refractivity contribution in [1.82, 2.24) is 9.80 Å². The second-order valence-corrected chi connectivity index (χ2v) is 5.90. The van der Waals surface area contributed by atoms with E-state index in [-0.39, 0.29) is 0 Å². The maximum atomic E-state index is 5.76. The van der Waals surface area contributed by atoms with Gasteiger partial charge in [0, 0.05) is 37.2 Å². The standard InChI is InChI=1S/C15H23BrN2O/c1-2-7-17-8-10-18(11-9-17)12-13-19-15-5-3-14(16)4-6-15/h3-6H,2,7-13H2,1H3. The molecule has 0 unspecified atom stereocenters. The quantitative estimate of drug-likeness (QED) is 0.799. The average molecular weight is 327 g/mol. The number of rotatable bonds is 6. The van der Waals surface area contributed by atoms with E-state index in [4.69, 9.17) is 4.74 Å². The largest absolute Gasteiger partial charge is 0.492 e. The molecule has 0 N–H and O–H groups in total. The summed E-state index contributed by atoms with van der Waals surface area (Å²) in [4.78, 5) is 5.04. The van der Waals surface area contributed by atoms with Gasteiger partial charge in [-0.15, -0.1) is 0 Å². The average Bonchev–Trinajstić information content (AvgIpc) is 2.43. The van der Waals surface area contributed by atoms with Crippen molar-refractivity contribution in [3.63, 3.8) is 0 Å². The van der Waals surface area contributed by atoms with Crippen molar-refractivity contribution in [3.8, 4) is 5.75 Å². The third-order valence-corrected chi connectivity index (χ3v) is 4.02. The van der Waals surface area contributed by atoms with Crippen molar-refractivity contribution in [1.29, 1.82) is 0 Å². The Hall–Kier alpha value is -0.580. The van der Waals surface area contributed by atoms with Crippen molar-refractivity contribution in [2.45, 2.75) is 13.3 Å². The minimum atomic E-state index is 0.773. The summed E-state index contributed by atoms with van der Waals surface area (Å²) < 4.78 is 6.85. The topological polar surface area (TPSA) is 15.7 Å². The molecule has 0 spiro atoms. The van der Waals surface area contributed by atoms with Crippen LogP contribution in [-0.2, 0) is 0 Å². The zero-order valence-corrected chi connectivity index (χ0v) is 13.2. The van der Waals surface area contributed by atoms with E-state index >= 15 is 0 Å². The lowest BCUT2D eigenvalue weighted by Gasteiger charge is -2.34. The third-order valence-electron chi connectivity index (χ3n) is 3.49. The van der Waals surface area contributed by atoms with Gasteiger partial charge in [-0.1, -0.05) is 22.9 Å². The Morgan fingerprint density at radius 1 is 1.00 bits per heavy atom. The van der Waals surface area contributed by atoms with Gasteiger partial charge >= 0.3 is 0 Å². The van der Waals surface area contributed by atoms with Crippen molar-refractivity contribution >= 4 is 15.9 Å². The molecule has 1 saturated heterocycles. The van der Waals surface area contributed by atoms with E-state index < -0.39 is 0 Å². The van der Waals surface area contributed by atoms with Gasteiger partial charge in [0.2, 0.25) is 0 Å². The lowest BCUT2D eigenvalue weighted by atomic mass is 10.3. The first kappa shape index (κ1) is 14.8. The molecule has 3 nitrogen and oxygen atoms in total. The number of nitrogens with zero attached hydrogens (tertiary/aromatic N) is 2. The number of halogens is 1. The van der Waals surface area contributed by atoms with Gasteiger partial charge in [-0.25, -0.2) is 0 Å². The fourth-order valence-corrected chi connectivity index (χ4v) is 2.64. The van der Waals surface area contributed by atoms with Crippen molar-refractivity contribution in [2.75, 3.05) is 45.9 Å². The Labute approximate surface area is 124 Å². The van der Waals surface area contributed by atoms with E-state index in [0.717, 1.165) is 23.4 Å². The Morgan fingerprint density at radius 3 is 2.16 bits per heavy atom. The second kappa shape index (κ2) is 7.88. The van der Waals surface area contributed by atoms with Crippen LogP contribution in [0.1, 0.15) is 13.3 Å². The number of hydrogen-bond acceptors (Lipinski definition) is 3. The van der Waals surface area contributed by atoms with Crippen LogP contribution in [0.3, 0.4) is 0 Å². The molecule has 106 valence electrons. The first-order valence-corrected chi connectivity index (χ1v) is 7.90. The summed E-state index contributed by atoms with van der Waals surface area (Å²) in [5.41, 5.74) is 0. The van der Waals surface area contributed by atoms with Gasteiger partial charge in [0.05, 0.1) is 0 Å². The maximum Gasteiger partial charge on any atom is 0.119 e. The van der Waals surface area contributed by atoms with E-state index in [9.17, 15) is 0 Å². The summed E-state index contributed by atoms with van der Waals surface area (Å²) in [6, 6.07) is 8.03. The van der Waals surface area contributed by atoms with Crippen LogP contribution in [0, 0.1) is 0 Å². The van der Waals surface area contributed by atoms with Gasteiger partial charge in [0.1, 0.15) is 12.4 Å². The van der Waals surface area contributed by atoms with Crippen LogP contribution in [0.15, 0.2) is 28.7 Å². The first-order chi connectivity index (χ1) is 9.28. The van der Waals surface area contributed by atoms with Gasteiger partial charge < -0.3 is 9.64 Å². The van der Waals surface area contributed by atoms with Gasteiger partial charge in [0.15, 0.2) is 0 Å². The molecule has 1 aromatic carbocycles. The highest BCUT2D eigenvalue weighted by Gasteiger charge is 2.15. The zero-order valence-electron chi connectivity index (χ0n) is 11.6. The number of piperazine rings is 1. The highest BCUT2D eigenvalue weighted by Crippen LogP contribution is 2.16. The SMILES string of the molecule is CCCN1CCN(CCOc2ccc(Br)cc2)CC1. The fraction of sp³-hybridized carbons (Fsp3) is 0.600. The Kier molecular flexibility index (Phi) is 6.14. The predicted molar refractivity (Wildman–Crippen MR) is 82.8 cm³/mol. The Balaban J connectivity index is 1.63. The number of hydrogen-bond donors (Lipinski definition) is 0. The van der Waals surface area contributed by atoms with Gasteiger partial charge in [-0.05, 0) is 37.2 Å². The van der Waals surface area contributed by atoms with Crippen LogP contribution in [0.2, 0.25) is 0 Å². The van der Waals surface area contributed by atoms with E-state index in [1.807, 2.05) is 24.3 Å². The molecule has 0 saturated carbocycles. The highest BCUT2D eigenvalue weighted by atomic mass is 79.9. The molecule has 0 aliphatic carbocycles.